The van der Waals surface area contributed by atoms with Crippen LogP contribution in [0.25, 0.3) is 11.4 Å². The summed E-state index contributed by atoms with van der Waals surface area (Å²) >= 11 is 0. The molecule has 0 amide bonds. The third-order valence-electron chi connectivity index (χ3n) is 2.80. The highest BCUT2D eigenvalue weighted by Gasteiger charge is 2.24. The number of halogens is 2. The number of hydrogen-bond donors (Lipinski definition) is 0. The Hall–Kier alpha value is -1.67. The molecule has 0 aliphatic carbocycles. The lowest BCUT2D eigenvalue weighted by atomic mass is 10.2. The van der Waals surface area contributed by atoms with E-state index in [4.69, 9.17) is 15.4 Å². The third kappa shape index (κ3) is 3.16. The smallest absolute Gasteiger partial charge is 0.296 e. The first kappa shape index (κ1) is 15.7. The second-order valence-electron chi connectivity index (χ2n) is 4.24. The van der Waals surface area contributed by atoms with E-state index in [0.717, 1.165) is 0 Å². The number of rotatable bonds is 5. The summed E-state index contributed by atoms with van der Waals surface area (Å²) in [5.74, 6) is -0.128. The number of methoxy groups -OCH3 is 1. The molecule has 0 atom stereocenters. The van der Waals surface area contributed by atoms with Gasteiger partial charge in [-0.2, -0.15) is 0 Å². The van der Waals surface area contributed by atoms with E-state index in [1.807, 2.05) is 6.92 Å². The van der Waals surface area contributed by atoms with Crippen LogP contribution in [-0.2, 0) is 15.6 Å². The van der Waals surface area contributed by atoms with Crippen LogP contribution in [0.2, 0.25) is 0 Å². The highest BCUT2D eigenvalue weighted by molar-refractivity contribution is 8.13. The van der Waals surface area contributed by atoms with Crippen LogP contribution < -0.4 is 4.74 Å². The molecule has 0 radical (unpaired) electrons. The highest BCUT2D eigenvalue weighted by Crippen LogP contribution is 2.27. The molecule has 2 rings (SSSR count). The average Bonchev–Trinajstić information content (AvgIpc) is 2.82. The lowest BCUT2D eigenvalue weighted by Crippen LogP contribution is -2.08. The van der Waals surface area contributed by atoms with Crippen molar-refractivity contribution in [3.05, 3.63) is 24.0 Å². The Bertz CT molecular complexity index is 761. The Morgan fingerprint density at radius 3 is 2.62 bits per heavy atom. The molecular weight excluding hydrogens is 321 g/mol. The van der Waals surface area contributed by atoms with E-state index in [0.29, 0.717) is 18.7 Å². The fourth-order valence-corrected chi connectivity index (χ4v) is 2.82. The van der Waals surface area contributed by atoms with Crippen molar-refractivity contribution in [1.29, 1.82) is 0 Å². The van der Waals surface area contributed by atoms with Crippen LogP contribution >= 0.6 is 10.7 Å². The minimum atomic E-state index is -4.05. The van der Waals surface area contributed by atoms with Gasteiger partial charge < -0.3 is 4.74 Å². The zero-order valence-corrected chi connectivity index (χ0v) is 12.9. The SMILES string of the molecule is CCCn1c(-c2ccc(OC)cc2F)nnc1S(=O)(=O)Cl. The Balaban J connectivity index is 2.62. The van der Waals surface area contributed by atoms with Gasteiger partial charge in [0.2, 0.25) is 0 Å². The fourth-order valence-electron chi connectivity index (χ4n) is 1.90. The number of aromatic nitrogens is 3. The number of nitrogens with zero attached hydrogens (tertiary/aromatic N) is 3. The molecule has 0 unspecified atom stereocenters. The Labute approximate surface area is 125 Å². The van der Waals surface area contributed by atoms with E-state index in [2.05, 4.69) is 10.2 Å². The van der Waals surface area contributed by atoms with E-state index in [9.17, 15) is 12.8 Å². The molecular formula is C12H13ClFN3O3S. The van der Waals surface area contributed by atoms with Crippen LogP contribution in [0.3, 0.4) is 0 Å². The van der Waals surface area contributed by atoms with Gasteiger partial charge in [-0.25, -0.2) is 12.8 Å². The van der Waals surface area contributed by atoms with Gasteiger partial charge in [-0.15, -0.1) is 10.2 Å². The van der Waals surface area contributed by atoms with Crippen LogP contribution in [0, 0.1) is 5.82 Å². The summed E-state index contributed by atoms with van der Waals surface area (Å²) < 4.78 is 43.3. The standard InChI is InChI=1S/C12H13ClFN3O3S/c1-3-6-17-11(15-16-12(17)21(13,18)19)9-5-4-8(20-2)7-10(9)14/h4-5,7H,3,6H2,1-2H3. The number of benzene rings is 1. The molecule has 2 aromatic rings. The zero-order valence-electron chi connectivity index (χ0n) is 11.4. The van der Waals surface area contributed by atoms with Crippen molar-refractivity contribution in [3.63, 3.8) is 0 Å². The molecule has 1 heterocycles. The maximum Gasteiger partial charge on any atom is 0.296 e. The van der Waals surface area contributed by atoms with Gasteiger partial charge in [0.25, 0.3) is 14.2 Å². The first-order valence-electron chi connectivity index (χ1n) is 6.10. The minimum Gasteiger partial charge on any atom is -0.497 e. The predicted octanol–water partition coefficient (Wildman–Crippen LogP) is 2.43. The second kappa shape index (κ2) is 5.98. The molecule has 0 aliphatic rings. The van der Waals surface area contributed by atoms with Gasteiger partial charge in [-0.05, 0) is 18.6 Å². The van der Waals surface area contributed by atoms with Crippen LogP contribution in [0.5, 0.6) is 5.75 Å². The van der Waals surface area contributed by atoms with Gasteiger partial charge in [0, 0.05) is 23.3 Å². The normalized spacial score (nSPS) is 11.6. The Morgan fingerprint density at radius 1 is 1.38 bits per heavy atom. The molecule has 0 spiro atoms. The average molecular weight is 334 g/mol. The van der Waals surface area contributed by atoms with Crippen molar-refractivity contribution >= 4 is 19.7 Å². The largest absolute Gasteiger partial charge is 0.497 e. The molecule has 0 saturated carbocycles. The summed E-state index contributed by atoms with van der Waals surface area (Å²) in [5, 5.41) is 6.93. The molecule has 0 fully saturated rings. The maximum atomic E-state index is 14.1. The van der Waals surface area contributed by atoms with Gasteiger partial charge in [0.15, 0.2) is 5.82 Å². The number of hydrogen-bond acceptors (Lipinski definition) is 5. The van der Waals surface area contributed by atoms with E-state index < -0.39 is 20.0 Å². The van der Waals surface area contributed by atoms with Crippen LogP contribution in [0.4, 0.5) is 4.39 Å². The van der Waals surface area contributed by atoms with E-state index in [1.54, 1.807) is 6.07 Å². The minimum absolute atomic E-state index is 0.108. The van der Waals surface area contributed by atoms with Crippen LogP contribution in [0.15, 0.2) is 23.4 Å². The lowest BCUT2D eigenvalue weighted by molar-refractivity contribution is 0.411. The zero-order chi connectivity index (χ0) is 15.6. The second-order valence-corrected chi connectivity index (χ2v) is 6.70. The summed E-state index contributed by atoms with van der Waals surface area (Å²) in [7, 11) is 2.69. The highest BCUT2D eigenvalue weighted by atomic mass is 35.7. The predicted molar refractivity (Wildman–Crippen MR) is 75.3 cm³/mol. The lowest BCUT2D eigenvalue weighted by Gasteiger charge is -2.09. The first-order valence-corrected chi connectivity index (χ1v) is 8.41. The summed E-state index contributed by atoms with van der Waals surface area (Å²) in [6, 6.07) is 4.20. The van der Waals surface area contributed by atoms with E-state index >= 15 is 0 Å². The van der Waals surface area contributed by atoms with Crippen molar-refractivity contribution in [2.24, 2.45) is 0 Å². The summed E-state index contributed by atoms with van der Waals surface area (Å²) in [5.41, 5.74) is 0.128. The van der Waals surface area contributed by atoms with Crippen LogP contribution in [-0.4, -0.2) is 30.3 Å². The van der Waals surface area contributed by atoms with Gasteiger partial charge in [-0.1, -0.05) is 6.92 Å². The van der Waals surface area contributed by atoms with Crippen LogP contribution in [0.1, 0.15) is 13.3 Å². The molecule has 0 bridgehead atoms. The molecule has 0 N–H and O–H groups in total. The van der Waals surface area contributed by atoms with Gasteiger partial charge in [-0.3, -0.25) is 4.57 Å². The molecule has 6 nitrogen and oxygen atoms in total. The van der Waals surface area contributed by atoms with Crippen molar-refractivity contribution in [2.75, 3.05) is 7.11 Å². The first-order chi connectivity index (χ1) is 9.88. The number of ether oxygens (including phenoxy) is 1. The summed E-state index contributed by atoms with van der Waals surface area (Å²) in [4.78, 5) is 0. The van der Waals surface area contributed by atoms with Gasteiger partial charge in [0.1, 0.15) is 11.6 Å². The van der Waals surface area contributed by atoms with Gasteiger partial charge in [0.05, 0.1) is 12.7 Å². The molecule has 21 heavy (non-hydrogen) atoms. The Morgan fingerprint density at radius 2 is 2.10 bits per heavy atom. The monoisotopic (exact) mass is 333 g/mol. The van der Waals surface area contributed by atoms with Crippen molar-refractivity contribution in [2.45, 2.75) is 25.0 Å². The van der Waals surface area contributed by atoms with E-state index in [-0.39, 0.29) is 11.4 Å². The molecule has 114 valence electrons. The van der Waals surface area contributed by atoms with E-state index in [1.165, 1.54) is 23.8 Å². The summed E-state index contributed by atoms with van der Waals surface area (Å²) in [6.07, 6.45) is 0.613. The molecule has 0 aliphatic heterocycles. The molecule has 1 aromatic carbocycles. The summed E-state index contributed by atoms with van der Waals surface area (Å²) in [6.45, 7) is 2.15. The maximum absolute atomic E-state index is 14.1. The van der Waals surface area contributed by atoms with Crippen molar-refractivity contribution in [1.82, 2.24) is 14.8 Å². The Kier molecular flexibility index (Phi) is 4.48. The molecule has 0 saturated heterocycles. The van der Waals surface area contributed by atoms with Crippen molar-refractivity contribution < 1.29 is 17.5 Å². The quantitative estimate of drug-likeness (QED) is 0.786. The topological polar surface area (TPSA) is 74.1 Å². The van der Waals surface area contributed by atoms with Gasteiger partial charge >= 0.3 is 0 Å². The molecule has 9 heteroatoms. The third-order valence-corrected chi connectivity index (χ3v) is 3.95. The fraction of sp³-hybridized carbons (Fsp3) is 0.333. The van der Waals surface area contributed by atoms with Crippen molar-refractivity contribution in [3.8, 4) is 17.1 Å². The molecule has 1 aromatic heterocycles.